The molecule has 0 radical (unpaired) electrons. The second-order valence-electron chi connectivity index (χ2n) is 1.75. The first-order valence-electron chi connectivity index (χ1n) is 3.18. The van der Waals surface area contributed by atoms with E-state index in [-0.39, 0.29) is 8.83 Å². The first kappa shape index (κ1) is 8.47. The van der Waals surface area contributed by atoms with Crippen molar-refractivity contribution >= 4 is 19.9 Å². The lowest BCUT2D eigenvalue weighted by Crippen LogP contribution is -2.13. The van der Waals surface area contributed by atoms with E-state index in [1.54, 1.807) is 0 Å². The van der Waals surface area contributed by atoms with Crippen LogP contribution in [0.3, 0.4) is 0 Å². The minimum atomic E-state index is -0.182. The lowest BCUT2D eigenvalue weighted by molar-refractivity contribution is 0.703. The second-order valence-corrected chi connectivity index (χ2v) is 3.97. The first-order chi connectivity index (χ1) is 3.91. The van der Waals surface area contributed by atoms with E-state index >= 15 is 0 Å². The zero-order chi connectivity index (χ0) is 6.24. The smallest absolute Gasteiger partial charge is 0.125 e. The van der Waals surface area contributed by atoms with Crippen molar-refractivity contribution < 1.29 is 0 Å². The van der Waals surface area contributed by atoms with E-state index < -0.39 is 0 Å². The Labute approximate surface area is 58.3 Å². The Hall–Kier alpha value is 0.467. The van der Waals surface area contributed by atoms with Gasteiger partial charge in [-0.15, -0.1) is 0 Å². The number of rotatable bonds is 5. The molecule has 0 aromatic rings. The third-order valence-corrected chi connectivity index (χ3v) is 2.56. The SMILES string of the molecule is CCNCCC[SiH2]Cl. The van der Waals surface area contributed by atoms with Crippen molar-refractivity contribution in [1.29, 1.82) is 0 Å². The maximum absolute atomic E-state index is 5.59. The molecule has 0 aromatic heterocycles. The summed E-state index contributed by atoms with van der Waals surface area (Å²) in [6, 6.07) is 1.27. The molecule has 1 N–H and O–H groups in total. The lowest BCUT2D eigenvalue weighted by atomic mass is 10.5. The highest BCUT2D eigenvalue weighted by atomic mass is 35.6. The zero-order valence-corrected chi connectivity index (χ0v) is 7.58. The predicted octanol–water partition coefficient (Wildman–Crippen LogP) is 0.727. The van der Waals surface area contributed by atoms with Gasteiger partial charge in [0.2, 0.25) is 0 Å². The minimum absolute atomic E-state index is 0.182. The van der Waals surface area contributed by atoms with Gasteiger partial charge in [-0.1, -0.05) is 6.92 Å². The summed E-state index contributed by atoms with van der Waals surface area (Å²) in [4.78, 5) is 0. The molecule has 0 rings (SSSR count). The van der Waals surface area contributed by atoms with Gasteiger partial charge < -0.3 is 5.32 Å². The van der Waals surface area contributed by atoms with Crippen molar-refractivity contribution in [2.24, 2.45) is 0 Å². The summed E-state index contributed by atoms with van der Waals surface area (Å²) < 4.78 is 0. The van der Waals surface area contributed by atoms with Gasteiger partial charge in [-0.05, 0) is 25.6 Å². The summed E-state index contributed by atoms with van der Waals surface area (Å²) in [5.41, 5.74) is 0. The summed E-state index contributed by atoms with van der Waals surface area (Å²) >= 11 is 5.59. The van der Waals surface area contributed by atoms with Crippen LogP contribution in [0.2, 0.25) is 6.04 Å². The molecule has 1 nitrogen and oxygen atoms in total. The van der Waals surface area contributed by atoms with E-state index in [9.17, 15) is 0 Å². The van der Waals surface area contributed by atoms with Crippen molar-refractivity contribution in [3.8, 4) is 0 Å². The van der Waals surface area contributed by atoms with Crippen molar-refractivity contribution in [3.05, 3.63) is 0 Å². The predicted molar refractivity (Wildman–Crippen MR) is 42.4 cm³/mol. The van der Waals surface area contributed by atoms with Crippen LogP contribution in [-0.2, 0) is 0 Å². The molecule has 0 heterocycles. The van der Waals surface area contributed by atoms with E-state index in [0.717, 1.165) is 13.1 Å². The van der Waals surface area contributed by atoms with E-state index in [2.05, 4.69) is 12.2 Å². The van der Waals surface area contributed by atoms with Crippen molar-refractivity contribution in [2.75, 3.05) is 13.1 Å². The van der Waals surface area contributed by atoms with Crippen LogP contribution in [0.25, 0.3) is 0 Å². The molecular weight excluding hydrogens is 138 g/mol. The molecule has 0 saturated carbocycles. The Bertz CT molecular complexity index is 37.4. The van der Waals surface area contributed by atoms with E-state index in [0.29, 0.717) is 0 Å². The Morgan fingerprint density at radius 1 is 1.62 bits per heavy atom. The number of halogens is 1. The summed E-state index contributed by atoms with van der Waals surface area (Å²) in [5, 5.41) is 3.25. The molecule has 0 amide bonds. The molecule has 0 aromatic carbocycles. The second kappa shape index (κ2) is 7.47. The molecule has 0 saturated heterocycles. The van der Waals surface area contributed by atoms with Crippen LogP contribution in [0.1, 0.15) is 13.3 Å². The topological polar surface area (TPSA) is 12.0 Å². The number of hydrogen-bond donors (Lipinski definition) is 1. The maximum atomic E-state index is 5.59. The molecular formula is C5H14ClNSi. The fourth-order valence-electron chi connectivity index (χ4n) is 0.521. The maximum Gasteiger partial charge on any atom is 0.125 e. The molecule has 3 heteroatoms. The number of nitrogens with one attached hydrogen (secondary N) is 1. The van der Waals surface area contributed by atoms with Gasteiger partial charge in [-0.25, -0.2) is 0 Å². The number of hydrogen-bond acceptors (Lipinski definition) is 1. The summed E-state index contributed by atoms with van der Waals surface area (Å²) in [7, 11) is -0.182. The average Bonchev–Trinajstić information content (AvgIpc) is 1.81. The fraction of sp³-hybridized carbons (Fsp3) is 1.00. The Kier molecular flexibility index (Phi) is 7.90. The summed E-state index contributed by atoms with van der Waals surface area (Å²) in [6.07, 6.45) is 1.27. The molecule has 0 aliphatic carbocycles. The fourth-order valence-corrected chi connectivity index (χ4v) is 1.53. The van der Waals surface area contributed by atoms with Crippen LogP contribution in [0, 0.1) is 0 Å². The van der Waals surface area contributed by atoms with Gasteiger partial charge >= 0.3 is 0 Å². The Morgan fingerprint density at radius 2 is 2.38 bits per heavy atom. The molecule has 0 atom stereocenters. The van der Waals surface area contributed by atoms with Crippen molar-refractivity contribution in [1.82, 2.24) is 5.32 Å². The first-order valence-corrected chi connectivity index (χ1v) is 6.32. The molecule has 0 fully saturated rings. The Balaban J connectivity index is 2.53. The molecule has 0 spiro atoms. The molecule has 0 unspecified atom stereocenters. The van der Waals surface area contributed by atoms with Gasteiger partial charge in [0, 0.05) is 0 Å². The standard InChI is InChI=1S/C5H14ClNSi/c1-2-7-4-3-5-8-6/h7H,2-5,8H2,1H3. The highest BCUT2D eigenvalue weighted by molar-refractivity contribution is 6.93. The highest BCUT2D eigenvalue weighted by Gasteiger charge is 1.83. The van der Waals surface area contributed by atoms with E-state index in [1.807, 2.05) is 0 Å². The largest absolute Gasteiger partial charge is 0.317 e. The van der Waals surface area contributed by atoms with Crippen LogP contribution < -0.4 is 5.32 Å². The third-order valence-electron chi connectivity index (χ3n) is 0.987. The molecule has 8 heavy (non-hydrogen) atoms. The molecule has 0 aliphatic heterocycles. The van der Waals surface area contributed by atoms with Crippen molar-refractivity contribution in [3.63, 3.8) is 0 Å². The van der Waals surface area contributed by atoms with Gasteiger partial charge in [-0.2, -0.15) is 11.1 Å². The van der Waals surface area contributed by atoms with Crippen LogP contribution in [0.4, 0.5) is 0 Å². The van der Waals surface area contributed by atoms with Gasteiger partial charge in [-0.3, -0.25) is 0 Å². The quantitative estimate of drug-likeness (QED) is 0.347. The van der Waals surface area contributed by atoms with Gasteiger partial charge in [0.15, 0.2) is 0 Å². The Morgan fingerprint density at radius 3 is 2.88 bits per heavy atom. The third kappa shape index (κ3) is 6.47. The molecule has 0 aliphatic rings. The minimum Gasteiger partial charge on any atom is -0.317 e. The van der Waals surface area contributed by atoms with Gasteiger partial charge in [0.05, 0.1) is 0 Å². The monoisotopic (exact) mass is 151 g/mol. The van der Waals surface area contributed by atoms with Crippen LogP contribution in [0.5, 0.6) is 0 Å². The summed E-state index contributed by atoms with van der Waals surface area (Å²) in [6.45, 7) is 4.36. The molecule has 0 bridgehead atoms. The van der Waals surface area contributed by atoms with E-state index in [1.165, 1.54) is 12.5 Å². The van der Waals surface area contributed by atoms with E-state index in [4.69, 9.17) is 11.1 Å². The lowest BCUT2D eigenvalue weighted by Gasteiger charge is -1.96. The van der Waals surface area contributed by atoms with Crippen molar-refractivity contribution in [2.45, 2.75) is 19.4 Å². The zero-order valence-electron chi connectivity index (χ0n) is 5.41. The highest BCUT2D eigenvalue weighted by Crippen LogP contribution is 1.87. The normalized spacial score (nSPS) is 11.2. The van der Waals surface area contributed by atoms with Gasteiger partial charge in [0.25, 0.3) is 0 Å². The van der Waals surface area contributed by atoms with Gasteiger partial charge in [0.1, 0.15) is 8.83 Å². The summed E-state index contributed by atoms with van der Waals surface area (Å²) in [5.74, 6) is 0. The van der Waals surface area contributed by atoms with Crippen LogP contribution >= 0.6 is 11.1 Å². The van der Waals surface area contributed by atoms with Crippen LogP contribution in [0.15, 0.2) is 0 Å². The average molecular weight is 152 g/mol. The van der Waals surface area contributed by atoms with Crippen LogP contribution in [-0.4, -0.2) is 21.9 Å². The molecule has 50 valence electrons.